The number of halogens is 1. The highest BCUT2D eigenvalue weighted by molar-refractivity contribution is 9.10. The van der Waals surface area contributed by atoms with Crippen LogP contribution in [0.15, 0.2) is 59.1 Å². The summed E-state index contributed by atoms with van der Waals surface area (Å²) in [5, 5.41) is 12.7. The van der Waals surface area contributed by atoms with Gasteiger partial charge in [-0.15, -0.1) is 0 Å². The maximum atomic E-state index is 11.0. The average molecular weight is 370 g/mol. The van der Waals surface area contributed by atoms with Gasteiger partial charge < -0.3 is 10.4 Å². The van der Waals surface area contributed by atoms with Crippen LogP contribution in [0.1, 0.15) is 39.9 Å². The molecule has 4 rings (SSSR count). The molecule has 4 heteroatoms. The van der Waals surface area contributed by atoms with Crippen LogP contribution >= 0.6 is 15.9 Å². The van der Waals surface area contributed by atoms with E-state index in [4.69, 9.17) is 5.11 Å². The van der Waals surface area contributed by atoms with Crippen molar-refractivity contribution in [1.82, 2.24) is 0 Å². The lowest BCUT2D eigenvalue weighted by Gasteiger charge is -2.37. The molecular weight excluding hydrogens is 354 g/mol. The van der Waals surface area contributed by atoms with Gasteiger partial charge >= 0.3 is 5.97 Å². The predicted octanol–water partition coefficient (Wildman–Crippen LogP) is 4.97. The number of fused-ring (bicyclic) bond motifs is 3. The Bertz CT molecular complexity index is 798. The molecule has 3 atom stereocenters. The van der Waals surface area contributed by atoms with Gasteiger partial charge in [0.05, 0.1) is 11.6 Å². The molecule has 2 N–H and O–H groups in total. The Hall–Kier alpha value is -2.07. The van der Waals surface area contributed by atoms with Gasteiger partial charge in [0.1, 0.15) is 0 Å². The van der Waals surface area contributed by atoms with E-state index in [1.807, 2.05) is 12.1 Å². The number of hydrogen-bond acceptors (Lipinski definition) is 2. The first-order valence-corrected chi connectivity index (χ1v) is 8.48. The topological polar surface area (TPSA) is 49.3 Å². The molecule has 0 saturated heterocycles. The number of carboxylic acids is 1. The highest BCUT2D eigenvalue weighted by Gasteiger charge is 2.37. The Labute approximate surface area is 143 Å². The minimum absolute atomic E-state index is 0.200. The summed E-state index contributed by atoms with van der Waals surface area (Å²) in [5.74, 6) is -0.0101. The van der Waals surface area contributed by atoms with E-state index < -0.39 is 5.97 Å². The van der Waals surface area contributed by atoms with Gasteiger partial charge in [-0.1, -0.05) is 40.2 Å². The van der Waals surface area contributed by atoms with Crippen molar-refractivity contribution in [2.75, 3.05) is 5.32 Å². The molecule has 0 aromatic heterocycles. The van der Waals surface area contributed by atoms with Crippen molar-refractivity contribution in [3.63, 3.8) is 0 Å². The van der Waals surface area contributed by atoms with E-state index in [1.54, 1.807) is 12.1 Å². The van der Waals surface area contributed by atoms with Crippen molar-refractivity contribution in [3.05, 3.63) is 75.8 Å². The SMILES string of the molecule is O=C(O)c1ccc([C@@H]2Nc3ccc(Br)cc3[C@@H]3C=CC[C@@H]32)cc1. The molecule has 1 aliphatic heterocycles. The highest BCUT2D eigenvalue weighted by Crippen LogP contribution is 2.50. The number of aromatic carboxylic acids is 1. The van der Waals surface area contributed by atoms with Crippen LogP contribution in [-0.4, -0.2) is 11.1 Å². The number of rotatable bonds is 2. The van der Waals surface area contributed by atoms with Gasteiger partial charge in [0.25, 0.3) is 0 Å². The second-order valence-electron chi connectivity index (χ2n) is 6.13. The fraction of sp³-hybridized carbons (Fsp3) is 0.211. The summed E-state index contributed by atoms with van der Waals surface area (Å²) in [6.07, 6.45) is 5.59. The minimum atomic E-state index is -0.885. The summed E-state index contributed by atoms with van der Waals surface area (Å²) in [6, 6.07) is 13.8. The first kappa shape index (κ1) is 14.5. The lowest BCUT2D eigenvalue weighted by Crippen LogP contribution is -2.29. The molecule has 0 saturated carbocycles. The summed E-state index contributed by atoms with van der Waals surface area (Å²) >= 11 is 3.56. The maximum Gasteiger partial charge on any atom is 0.335 e. The van der Waals surface area contributed by atoms with Gasteiger partial charge in [-0.25, -0.2) is 4.79 Å². The Morgan fingerprint density at radius 3 is 2.70 bits per heavy atom. The van der Waals surface area contributed by atoms with E-state index in [2.05, 4.69) is 51.6 Å². The van der Waals surface area contributed by atoms with Crippen LogP contribution in [0.3, 0.4) is 0 Å². The molecular formula is C19H16BrNO2. The van der Waals surface area contributed by atoms with Crippen molar-refractivity contribution in [3.8, 4) is 0 Å². The number of nitrogens with one attached hydrogen (secondary N) is 1. The number of allylic oxidation sites excluding steroid dienone is 2. The first-order valence-electron chi connectivity index (χ1n) is 7.69. The van der Waals surface area contributed by atoms with Crippen LogP contribution in [0, 0.1) is 5.92 Å². The first-order chi connectivity index (χ1) is 11.1. The Morgan fingerprint density at radius 1 is 1.17 bits per heavy atom. The summed E-state index contributed by atoms with van der Waals surface area (Å²) in [6.45, 7) is 0. The monoisotopic (exact) mass is 369 g/mol. The fourth-order valence-corrected chi connectivity index (χ4v) is 4.11. The number of carboxylic acid groups (broad SMARTS) is 1. The van der Waals surface area contributed by atoms with Gasteiger partial charge in [-0.05, 0) is 53.8 Å². The molecule has 0 unspecified atom stereocenters. The van der Waals surface area contributed by atoms with E-state index in [9.17, 15) is 4.79 Å². The standard InChI is InChI=1S/C19H16BrNO2/c20-13-8-9-17-16(10-13)14-2-1-3-15(14)18(21-17)11-4-6-12(7-5-11)19(22)23/h1-2,4-10,14-15,18,21H,3H2,(H,22,23)/t14-,15+,18+/m1/s1. The summed E-state index contributed by atoms with van der Waals surface area (Å²) < 4.78 is 1.10. The lowest BCUT2D eigenvalue weighted by atomic mass is 9.77. The van der Waals surface area contributed by atoms with E-state index >= 15 is 0 Å². The predicted molar refractivity (Wildman–Crippen MR) is 93.9 cm³/mol. The van der Waals surface area contributed by atoms with E-state index in [-0.39, 0.29) is 6.04 Å². The van der Waals surface area contributed by atoms with Crippen molar-refractivity contribution < 1.29 is 9.90 Å². The molecule has 2 aromatic carbocycles. The van der Waals surface area contributed by atoms with Crippen LogP contribution in [0.4, 0.5) is 5.69 Å². The fourth-order valence-electron chi connectivity index (χ4n) is 3.73. The smallest absolute Gasteiger partial charge is 0.335 e. The molecule has 1 heterocycles. The Kier molecular flexibility index (Phi) is 3.49. The van der Waals surface area contributed by atoms with Gasteiger partial charge in [-0.3, -0.25) is 0 Å². The third-order valence-corrected chi connectivity index (χ3v) is 5.33. The van der Waals surface area contributed by atoms with E-state index in [0.29, 0.717) is 17.4 Å². The van der Waals surface area contributed by atoms with Crippen LogP contribution in [0.2, 0.25) is 0 Å². The molecule has 1 aliphatic carbocycles. The molecule has 3 nitrogen and oxygen atoms in total. The zero-order valence-corrected chi connectivity index (χ0v) is 14.0. The molecule has 0 bridgehead atoms. The summed E-state index contributed by atoms with van der Waals surface area (Å²) in [7, 11) is 0. The Balaban J connectivity index is 1.73. The zero-order valence-electron chi connectivity index (χ0n) is 12.4. The third-order valence-electron chi connectivity index (χ3n) is 4.84. The molecule has 2 aromatic rings. The average Bonchev–Trinajstić information content (AvgIpc) is 3.04. The minimum Gasteiger partial charge on any atom is -0.478 e. The van der Waals surface area contributed by atoms with Crippen LogP contribution < -0.4 is 5.32 Å². The number of carbonyl (C=O) groups is 1. The maximum absolute atomic E-state index is 11.0. The van der Waals surface area contributed by atoms with Crippen molar-refractivity contribution in [2.24, 2.45) is 5.92 Å². The molecule has 0 spiro atoms. The molecule has 0 radical (unpaired) electrons. The van der Waals surface area contributed by atoms with Gasteiger partial charge in [0, 0.05) is 16.1 Å². The molecule has 116 valence electrons. The number of benzene rings is 2. The third kappa shape index (κ3) is 2.47. The van der Waals surface area contributed by atoms with Gasteiger partial charge in [0.15, 0.2) is 0 Å². The largest absolute Gasteiger partial charge is 0.478 e. The second-order valence-corrected chi connectivity index (χ2v) is 7.05. The summed E-state index contributed by atoms with van der Waals surface area (Å²) in [5.41, 5.74) is 3.96. The highest BCUT2D eigenvalue weighted by atomic mass is 79.9. The molecule has 0 fully saturated rings. The van der Waals surface area contributed by atoms with E-state index in [0.717, 1.165) is 22.1 Å². The van der Waals surface area contributed by atoms with Gasteiger partial charge in [-0.2, -0.15) is 0 Å². The van der Waals surface area contributed by atoms with Gasteiger partial charge in [0.2, 0.25) is 0 Å². The Morgan fingerprint density at radius 2 is 1.96 bits per heavy atom. The second kappa shape index (κ2) is 5.53. The van der Waals surface area contributed by atoms with Crippen LogP contribution in [0.25, 0.3) is 0 Å². The molecule has 23 heavy (non-hydrogen) atoms. The van der Waals surface area contributed by atoms with Crippen LogP contribution in [0.5, 0.6) is 0 Å². The number of hydrogen-bond donors (Lipinski definition) is 2. The van der Waals surface area contributed by atoms with Crippen LogP contribution in [-0.2, 0) is 0 Å². The normalized spacial score (nSPS) is 24.7. The van der Waals surface area contributed by atoms with Crippen molar-refractivity contribution in [1.29, 1.82) is 0 Å². The molecule has 0 amide bonds. The van der Waals surface area contributed by atoms with E-state index in [1.165, 1.54) is 5.56 Å². The summed E-state index contributed by atoms with van der Waals surface area (Å²) in [4.78, 5) is 11.0. The van der Waals surface area contributed by atoms with Crippen molar-refractivity contribution in [2.45, 2.75) is 18.4 Å². The lowest BCUT2D eigenvalue weighted by molar-refractivity contribution is 0.0697. The van der Waals surface area contributed by atoms with Crippen molar-refractivity contribution >= 4 is 27.6 Å². The molecule has 2 aliphatic rings. The number of anilines is 1. The quantitative estimate of drug-likeness (QED) is 0.734. The zero-order chi connectivity index (χ0) is 16.0.